The molecule has 2 aromatic carbocycles. The Morgan fingerprint density at radius 1 is 1.00 bits per heavy atom. The highest BCUT2D eigenvalue weighted by atomic mass is 16.2. The monoisotopic (exact) mass is 408 g/mol. The molecule has 1 atom stereocenters. The van der Waals surface area contributed by atoms with Crippen molar-refractivity contribution in [2.45, 2.75) is 26.4 Å². The average Bonchev–Trinajstić information content (AvgIpc) is 2.76. The summed E-state index contributed by atoms with van der Waals surface area (Å²) in [5, 5.41) is 2.92. The minimum absolute atomic E-state index is 0.0758. The van der Waals surface area contributed by atoms with Gasteiger partial charge in [0, 0.05) is 38.4 Å². The molecule has 6 nitrogen and oxygen atoms in total. The van der Waals surface area contributed by atoms with Gasteiger partial charge in [-0.05, 0) is 38.6 Å². The normalized spacial score (nSPS) is 15.8. The molecule has 6 heteroatoms. The summed E-state index contributed by atoms with van der Waals surface area (Å²) in [6.07, 6.45) is 0. The molecule has 1 saturated heterocycles. The third-order valence-corrected chi connectivity index (χ3v) is 5.72. The fraction of sp³-hybridized carbons (Fsp3) is 0.417. The van der Waals surface area contributed by atoms with E-state index in [0.717, 1.165) is 44.0 Å². The van der Waals surface area contributed by atoms with Crippen LogP contribution in [-0.2, 0) is 16.1 Å². The van der Waals surface area contributed by atoms with Crippen molar-refractivity contribution in [1.29, 1.82) is 0 Å². The summed E-state index contributed by atoms with van der Waals surface area (Å²) in [6.45, 7) is 8.18. The number of carbonyl (C=O) groups is 2. The molecule has 1 aliphatic heterocycles. The van der Waals surface area contributed by atoms with Gasteiger partial charge in [-0.1, -0.05) is 48.0 Å². The Labute approximate surface area is 179 Å². The summed E-state index contributed by atoms with van der Waals surface area (Å²) in [4.78, 5) is 31.3. The summed E-state index contributed by atoms with van der Waals surface area (Å²) in [5.41, 5.74) is 3.21. The lowest BCUT2D eigenvalue weighted by Crippen LogP contribution is -2.52. The highest BCUT2D eigenvalue weighted by molar-refractivity contribution is 5.94. The van der Waals surface area contributed by atoms with Gasteiger partial charge in [0.25, 0.3) is 0 Å². The van der Waals surface area contributed by atoms with E-state index >= 15 is 0 Å². The van der Waals surface area contributed by atoms with Crippen molar-refractivity contribution < 1.29 is 9.59 Å². The molecule has 1 N–H and O–H groups in total. The van der Waals surface area contributed by atoms with Gasteiger partial charge in [-0.25, -0.2) is 0 Å². The second-order valence-corrected chi connectivity index (χ2v) is 8.09. The van der Waals surface area contributed by atoms with E-state index in [4.69, 9.17) is 0 Å². The van der Waals surface area contributed by atoms with Crippen molar-refractivity contribution in [3.05, 3.63) is 65.7 Å². The van der Waals surface area contributed by atoms with E-state index in [-0.39, 0.29) is 18.4 Å². The Kier molecular flexibility index (Phi) is 7.60. The standard InChI is InChI=1S/C24H32N4O2/c1-19-9-11-22(12-10-19)25-24(30)20(2)26(3)18-23(29)28-15-13-27(14-16-28)17-21-7-5-4-6-8-21/h4-12,20H,13-18H2,1-3H3,(H,25,30)/t20-/m0/s1. The Morgan fingerprint density at radius 3 is 2.27 bits per heavy atom. The maximum absolute atomic E-state index is 12.7. The van der Waals surface area contributed by atoms with E-state index in [1.165, 1.54) is 5.56 Å². The van der Waals surface area contributed by atoms with Crippen molar-refractivity contribution >= 4 is 17.5 Å². The van der Waals surface area contributed by atoms with Crippen molar-refractivity contribution in [2.75, 3.05) is 45.1 Å². The first-order valence-electron chi connectivity index (χ1n) is 10.5. The number of benzene rings is 2. The van der Waals surface area contributed by atoms with Gasteiger partial charge < -0.3 is 10.2 Å². The summed E-state index contributed by atoms with van der Waals surface area (Å²) in [5.74, 6) is -0.0336. The molecule has 0 bridgehead atoms. The molecule has 160 valence electrons. The minimum atomic E-state index is -0.394. The van der Waals surface area contributed by atoms with Gasteiger partial charge in [-0.15, -0.1) is 0 Å². The van der Waals surface area contributed by atoms with Crippen LogP contribution in [0.4, 0.5) is 5.69 Å². The number of amides is 2. The van der Waals surface area contributed by atoms with Gasteiger partial charge in [-0.2, -0.15) is 0 Å². The predicted octanol–water partition coefficient (Wildman–Crippen LogP) is 2.60. The topological polar surface area (TPSA) is 55.9 Å². The second kappa shape index (κ2) is 10.4. The van der Waals surface area contributed by atoms with E-state index in [2.05, 4.69) is 34.5 Å². The molecule has 3 rings (SSSR count). The highest BCUT2D eigenvalue weighted by Crippen LogP contribution is 2.11. The molecule has 1 heterocycles. The number of piperazine rings is 1. The third-order valence-electron chi connectivity index (χ3n) is 5.72. The Hall–Kier alpha value is -2.70. The molecule has 0 aromatic heterocycles. The molecule has 30 heavy (non-hydrogen) atoms. The van der Waals surface area contributed by atoms with E-state index in [0.29, 0.717) is 0 Å². The summed E-state index contributed by atoms with van der Waals surface area (Å²) in [7, 11) is 1.82. The lowest BCUT2D eigenvalue weighted by atomic mass is 10.2. The molecule has 2 aromatic rings. The van der Waals surface area contributed by atoms with Crippen LogP contribution in [0, 0.1) is 6.92 Å². The molecule has 0 aliphatic carbocycles. The molecule has 0 saturated carbocycles. The summed E-state index contributed by atoms with van der Waals surface area (Å²) >= 11 is 0. The van der Waals surface area contributed by atoms with Gasteiger partial charge in [0.15, 0.2) is 0 Å². The first-order chi connectivity index (χ1) is 14.4. The minimum Gasteiger partial charge on any atom is -0.339 e. The number of hydrogen-bond acceptors (Lipinski definition) is 4. The number of hydrogen-bond donors (Lipinski definition) is 1. The van der Waals surface area contributed by atoms with Crippen LogP contribution >= 0.6 is 0 Å². The number of rotatable bonds is 7. The van der Waals surface area contributed by atoms with Gasteiger partial charge in [-0.3, -0.25) is 19.4 Å². The van der Waals surface area contributed by atoms with Crippen LogP contribution in [0.5, 0.6) is 0 Å². The van der Waals surface area contributed by atoms with Crippen LogP contribution in [0.15, 0.2) is 54.6 Å². The van der Waals surface area contributed by atoms with Gasteiger partial charge in [0.1, 0.15) is 0 Å². The molecule has 0 radical (unpaired) electrons. The Bertz CT molecular complexity index is 830. The van der Waals surface area contributed by atoms with Crippen molar-refractivity contribution in [1.82, 2.24) is 14.7 Å². The zero-order valence-corrected chi connectivity index (χ0v) is 18.2. The zero-order chi connectivity index (χ0) is 21.5. The number of nitrogens with one attached hydrogen (secondary N) is 1. The van der Waals surface area contributed by atoms with Crippen molar-refractivity contribution in [3.8, 4) is 0 Å². The van der Waals surface area contributed by atoms with E-state index in [1.807, 2.05) is 61.0 Å². The lowest BCUT2D eigenvalue weighted by Gasteiger charge is -2.36. The second-order valence-electron chi connectivity index (χ2n) is 8.09. The lowest BCUT2D eigenvalue weighted by molar-refractivity contribution is -0.135. The molecule has 0 spiro atoms. The predicted molar refractivity (Wildman–Crippen MR) is 120 cm³/mol. The van der Waals surface area contributed by atoms with E-state index < -0.39 is 6.04 Å². The molecule has 0 unspecified atom stereocenters. The maximum Gasteiger partial charge on any atom is 0.241 e. The SMILES string of the molecule is Cc1ccc(NC(=O)[C@H](C)N(C)CC(=O)N2CCN(Cc3ccccc3)CC2)cc1. The van der Waals surface area contributed by atoms with Crippen LogP contribution < -0.4 is 5.32 Å². The number of carbonyl (C=O) groups excluding carboxylic acids is 2. The van der Waals surface area contributed by atoms with Gasteiger partial charge >= 0.3 is 0 Å². The van der Waals surface area contributed by atoms with Crippen LogP contribution in [0.1, 0.15) is 18.1 Å². The fourth-order valence-corrected chi connectivity index (χ4v) is 3.53. The first-order valence-corrected chi connectivity index (χ1v) is 10.5. The van der Waals surface area contributed by atoms with Gasteiger partial charge in [0.05, 0.1) is 12.6 Å². The summed E-state index contributed by atoms with van der Waals surface area (Å²) < 4.78 is 0. The molecule has 1 fully saturated rings. The van der Waals surface area contributed by atoms with Crippen molar-refractivity contribution in [2.24, 2.45) is 0 Å². The van der Waals surface area contributed by atoms with E-state index in [1.54, 1.807) is 0 Å². The fourth-order valence-electron chi connectivity index (χ4n) is 3.53. The average molecular weight is 409 g/mol. The van der Waals surface area contributed by atoms with Crippen LogP contribution in [0.2, 0.25) is 0 Å². The van der Waals surface area contributed by atoms with Crippen LogP contribution in [0.3, 0.4) is 0 Å². The molecule has 1 aliphatic rings. The summed E-state index contributed by atoms with van der Waals surface area (Å²) in [6, 6.07) is 17.7. The van der Waals surface area contributed by atoms with E-state index in [9.17, 15) is 9.59 Å². The third kappa shape index (κ3) is 6.15. The highest BCUT2D eigenvalue weighted by Gasteiger charge is 2.25. The number of likely N-dealkylation sites (N-methyl/N-ethyl adjacent to an activating group) is 1. The quantitative estimate of drug-likeness (QED) is 0.765. The molecular formula is C24H32N4O2. The first kappa shape index (κ1) is 22.0. The smallest absolute Gasteiger partial charge is 0.241 e. The zero-order valence-electron chi connectivity index (χ0n) is 18.2. The Balaban J connectivity index is 1.43. The molecular weight excluding hydrogens is 376 g/mol. The number of nitrogens with zero attached hydrogens (tertiary/aromatic N) is 3. The number of aryl methyl sites for hydroxylation is 1. The van der Waals surface area contributed by atoms with Crippen LogP contribution in [0.25, 0.3) is 0 Å². The number of anilines is 1. The molecule has 2 amide bonds. The van der Waals surface area contributed by atoms with Crippen LogP contribution in [-0.4, -0.2) is 72.3 Å². The maximum atomic E-state index is 12.7. The largest absolute Gasteiger partial charge is 0.339 e. The Morgan fingerprint density at radius 2 is 1.63 bits per heavy atom. The van der Waals surface area contributed by atoms with Crippen molar-refractivity contribution in [3.63, 3.8) is 0 Å². The van der Waals surface area contributed by atoms with Gasteiger partial charge in [0.2, 0.25) is 11.8 Å².